The smallest absolute Gasteiger partial charge is 0.261 e. The average molecular weight is 238 g/mol. The summed E-state index contributed by atoms with van der Waals surface area (Å²) in [6.07, 6.45) is -2.08. The molecule has 4 nitrogen and oxygen atoms in total. The monoisotopic (exact) mass is 238 g/mol. The van der Waals surface area contributed by atoms with Gasteiger partial charge in [0, 0.05) is 19.0 Å². The highest BCUT2D eigenvalue weighted by Gasteiger charge is 2.07. The summed E-state index contributed by atoms with van der Waals surface area (Å²) >= 11 is 0. The second-order valence-corrected chi connectivity index (χ2v) is 3.48. The molecule has 96 valence electrons. The van der Waals surface area contributed by atoms with E-state index in [1.165, 1.54) is 0 Å². The van der Waals surface area contributed by atoms with Crippen LogP contribution in [0.5, 0.6) is 0 Å². The van der Waals surface area contributed by atoms with E-state index in [2.05, 4.69) is 15.4 Å². The molecule has 0 aliphatic carbocycles. The summed E-state index contributed by atoms with van der Waals surface area (Å²) in [5.74, 6) is -0.103. The molecule has 0 saturated heterocycles. The highest BCUT2D eigenvalue weighted by molar-refractivity contribution is 5.76. The summed E-state index contributed by atoms with van der Waals surface area (Å²) in [5, 5.41) is 5.70. The summed E-state index contributed by atoms with van der Waals surface area (Å²) < 4.78 is 27.9. The first-order valence-electron chi connectivity index (χ1n) is 5.42. The van der Waals surface area contributed by atoms with Gasteiger partial charge in [0.1, 0.15) is 6.61 Å². The van der Waals surface area contributed by atoms with Crippen molar-refractivity contribution >= 4 is 5.91 Å². The number of nitrogens with one attached hydrogen (secondary N) is 2. The lowest BCUT2D eigenvalue weighted by molar-refractivity contribution is -0.121. The Morgan fingerprint density at radius 3 is 2.69 bits per heavy atom. The third-order valence-electron chi connectivity index (χ3n) is 1.86. The van der Waals surface area contributed by atoms with Crippen molar-refractivity contribution < 1.29 is 18.3 Å². The van der Waals surface area contributed by atoms with Gasteiger partial charge >= 0.3 is 0 Å². The number of hydrogen-bond acceptors (Lipinski definition) is 3. The van der Waals surface area contributed by atoms with E-state index in [1.54, 1.807) is 0 Å². The number of halogens is 2. The number of ether oxygens (including phenoxy) is 1. The van der Waals surface area contributed by atoms with Crippen LogP contribution in [0.25, 0.3) is 0 Å². The lowest BCUT2D eigenvalue weighted by Crippen LogP contribution is -2.35. The molecule has 0 aliphatic rings. The van der Waals surface area contributed by atoms with Crippen molar-refractivity contribution in [2.45, 2.75) is 32.7 Å². The average Bonchev–Trinajstić information content (AvgIpc) is 2.16. The largest absolute Gasteiger partial charge is 0.374 e. The minimum Gasteiger partial charge on any atom is -0.374 e. The molecule has 0 fully saturated rings. The Labute approximate surface area is 94.7 Å². The van der Waals surface area contributed by atoms with Crippen molar-refractivity contribution in [1.29, 1.82) is 0 Å². The molecule has 0 aliphatic heterocycles. The predicted octanol–water partition coefficient (Wildman–Crippen LogP) is 0.772. The van der Waals surface area contributed by atoms with Crippen LogP contribution in [0.15, 0.2) is 0 Å². The quantitative estimate of drug-likeness (QED) is 0.583. The van der Waals surface area contributed by atoms with Gasteiger partial charge in [-0.05, 0) is 13.5 Å². The van der Waals surface area contributed by atoms with Gasteiger partial charge in [-0.2, -0.15) is 0 Å². The molecule has 1 atom stereocenters. The Bertz CT molecular complexity index is 192. The molecule has 6 heteroatoms. The first-order chi connectivity index (χ1) is 7.56. The van der Waals surface area contributed by atoms with E-state index in [0.717, 1.165) is 6.54 Å². The van der Waals surface area contributed by atoms with Crippen molar-refractivity contribution in [2.24, 2.45) is 0 Å². The molecule has 1 amide bonds. The van der Waals surface area contributed by atoms with Gasteiger partial charge in [0.05, 0.1) is 6.61 Å². The van der Waals surface area contributed by atoms with Crippen LogP contribution < -0.4 is 10.6 Å². The number of hydrogen-bond donors (Lipinski definition) is 2. The zero-order chi connectivity index (χ0) is 12.4. The van der Waals surface area contributed by atoms with Crippen molar-refractivity contribution in [3.63, 3.8) is 0 Å². The molecule has 0 spiro atoms. The van der Waals surface area contributed by atoms with Crippen LogP contribution in [-0.2, 0) is 9.53 Å². The standard InChI is InChI=1S/C10H20F2N2O2/c1-3-13-8(2)6-10(15)14-4-5-16-7-9(11)12/h8-9,13H,3-7H2,1-2H3,(H,14,15). The molecule has 0 aromatic heterocycles. The lowest BCUT2D eigenvalue weighted by Gasteiger charge is -2.12. The third-order valence-corrected chi connectivity index (χ3v) is 1.86. The summed E-state index contributed by atoms with van der Waals surface area (Å²) in [5.41, 5.74) is 0. The first-order valence-corrected chi connectivity index (χ1v) is 5.42. The Morgan fingerprint density at radius 2 is 2.12 bits per heavy atom. The van der Waals surface area contributed by atoms with Crippen LogP contribution in [0.3, 0.4) is 0 Å². The molecule has 0 aromatic rings. The van der Waals surface area contributed by atoms with E-state index in [1.807, 2.05) is 13.8 Å². The number of rotatable bonds is 9. The molecule has 0 rings (SSSR count). The molecular formula is C10H20F2N2O2. The molecule has 0 saturated carbocycles. The van der Waals surface area contributed by atoms with Crippen LogP contribution in [0.2, 0.25) is 0 Å². The van der Waals surface area contributed by atoms with Crippen LogP contribution in [0.1, 0.15) is 20.3 Å². The van der Waals surface area contributed by atoms with Crippen molar-refractivity contribution in [2.75, 3.05) is 26.3 Å². The fourth-order valence-electron chi connectivity index (χ4n) is 1.21. The maximum absolute atomic E-state index is 11.7. The molecule has 0 bridgehead atoms. The number of carbonyl (C=O) groups is 1. The number of carbonyl (C=O) groups excluding carboxylic acids is 1. The van der Waals surface area contributed by atoms with Gasteiger partial charge in [-0.3, -0.25) is 4.79 Å². The maximum atomic E-state index is 11.7. The second-order valence-electron chi connectivity index (χ2n) is 3.48. The van der Waals surface area contributed by atoms with Crippen LogP contribution in [-0.4, -0.2) is 44.7 Å². The summed E-state index contributed by atoms with van der Waals surface area (Å²) in [6, 6.07) is 0.118. The highest BCUT2D eigenvalue weighted by atomic mass is 19.3. The van der Waals surface area contributed by atoms with Gasteiger partial charge in [0.25, 0.3) is 6.43 Å². The molecule has 2 N–H and O–H groups in total. The van der Waals surface area contributed by atoms with Gasteiger partial charge in [-0.25, -0.2) is 8.78 Å². The number of amides is 1. The van der Waals surface area contributed by atoms with Gasteiger partial charge in [0.15, 0.2) is 0 Å². The van der Waals surface area contributed by atoms with Crippen LogP contribution >= 0.6 is 0 Å². The van der Waals surface area contributed by atoms with Gasteiger partial charge in [0.2, 0.25) is 5.91 Å². The molecule has 1 unspecified atom stereocenters. The number of alkyl halides is 2. The van der Waals surface area contributed by atoms with E-state index < -0.39 is 13.0 Å². The van der Waals surface area contributed by atoms with E-state index >= 15 is 0 Å². The van der Waals surface area contributed by atoms with Crippen molar-refractivity contribution in [1.82, 2.24) is 10.6 Å². The molecular weight excluding hydrogens is 218 g/mol. The fraction of sp³-hybridized carbons (Fsp3) is 0.900. The van der Waals surface area contributed by atoms with E-state index in [0.29, 0.717) is 6.42 Å². The van der Waals surface area contributed by atoms with E-state index in [9.17, 15) is 13.6 Å². The zero-order valence-electron chi connectivity index (χ0n) is 9.76. The van der Waals surface area contributed by atoms with Gasteiger partial charge in [-0.15, -0.1) is 0 Å². The van der Waals surface area contributed by atoms with Gasteiger partial charge in [-0.1, -0.05) is 6.92 Å². The van der Waals surface area contributed by atoms with Crippen molar-refractivity contribution in [3.05, 3.63) is 0 Å². The lowest BCUT2D eigenvalue weighted by atomic mass is 10.2. The van der Waals surface area contributed by atoms with Crippen LogP contribution in [0.4, 0.5) is 8.78 Å². The minimum absolute atomic E-state index is 0.103. The summed E-state index contributed by atoms with van der Waals surface area (Å²) in [7, 11) is 0. The Hall–Kier alpha value is -0.750. The minimum atomic E-state index is -2.45. The molecule has 0 aromatic carbocycles. The molecule has 16 heavy (non-hydrogen) atoms. The Morgan fingerprint density at radius 1 is 1.44 bits per heavy atom. The topological polar surface area (TPSA) is 50.4 Å². The zero-order valence-corrected chi connectivity index (χ0v) is 9.76. The Kier molecular flexibility index (Phi) is 9.03. The predicted molar refractivity (Wildman–Crippen MR) is 57.6 cm³/mol. The van der Waals surface area contributed by atoms with Gasteiger partial charge < -0.3 is 15.4 Å². The second kappa shape index (κ2) is 9.47. The normalized spacial score (nSPS) is 12.8. The Balaban J connectivity index is 3.36. The maximum Gasteiger partial charge on any atom is 0.261 e. The highest BCUT2D eigenvalue weighted by Crippen LogP contribution is 1.92. The summed E-state index contributed by atoms with van der Waals surface area (Å²) in [4.78, 5) is 11.3. The summed E-state index contributed by atoms with van der Waals surface area (Å²) in [6.45, 7) is 4.49. The SMILES string of the molecule is CCNC(C)CC(=O)NCCOCC(F)F. The molecule has 0 radical (unpaired) electrons. The fourth-order valence-corrected chi connectivity index (χ4v) is 1.21. The van der Waals surface area contributed by atoms with E-state index in [4.69, 9.17) is 0 Å². The first kappa shape index (κ1) is 15.2. The van der Waals surface area contributed by atoms with Crippen LogP contribution in [0, 0.1) is 0 Å². The van der Waals surface area contributed by atoms with Crippen molar-refractivity contribution in [3.8, 4) is 0 Å². The molecule has 0 heterocycles. The van der Waals surface area contributed by atoms with E-state index in [-0.39, 0.29) is 25.1 Å². The third kappa shape index (κ3) is 9.79.